The van der Waals surface area contributed by atoms with Gasteiger partial charge in [0.2, 0.25) is 0 Å². The maximum Gasteiger partial charge on any atom is 0.127 e. The van der Waals surface area contributed by atoms with Crippen LogP contribution in [0.25, 0.3) is 0 Å². The normalized spacial score (nSPS) is 16.0. The first-order valence-electron chi connectivity index (χ1n) is 6.61. The molecule has 0 heterocycles. The zero-order valence-electron chi connectivity index (χ0n) is 11.8. The maximum atomic E-state index is 5.88. The molecule has 0 unspecified atom stereocenters. The van der Waals surface area contributed by atoms with Crippen LogP contribution in [-0.4, -0.2) is 0 Å². The van der Waals surface area contributed by atoms with E-state index in [1.807, 2.05) is 0 Å². The largest absolute Gasteiger partial charge is 0.458 e. The van der Waals surface area contributed by atoms with Crippen LogP contribution in [0.5, 0.6) is 5.75 Å². The van der Waals surface area contributed by atoms with E-state index < -0.39 is 0 Å². The third-order valence-corrected chi connectivity index (χ3v) is 3.23. The summed E-state index contributed by atoms with van der Waals surface area (Å²) < 4.78 is 5.88. The summed E-state index contributed by atoms with van der Waals surface area (Å²) in [6.07, 6.45) is 6.51. The predicted octanol–water partition coefficient (Wildman–Crippen LogP) is 4.99. The van der Waals surface area contributed by atoms with Crippen LogP contribution in [0.15, 0.2) is 47.7 Å². The van der Waals surface area contributed by atoms with E-state index in [9.17, 15) is 0 Å². The zero-order valence-corrected chi connectivity index (χ0v) is 11.8. The lowest BCUT2D eigenvalue weighted by Gasteiger charge is -2.19. The smallest absolute Gasteiger partial charge is 0.127 e. The summed E-state index contributed by atoms with van der Waals surface area (Å²) in [6.45, 7) is 8.81. The van der Waals surface area contributed by atoms with Crippen molar-refractivity contribution in [2.45, 2.75) is 46.0 Å². The molecule has 1 nitrogen and oxygen atoms in total. The van der Waals surface area contributed by atoms with Gasteiger partial charge in [-0.15, -0.1) is 0 Å². The van der Waals surface area contributed by atoms with E-state index in [4.69, 9.17) is 4.74 Å². The van der Waals surface area contributed by atoms with Crippen LogP contribution in [-0.2, 0) is 5.41 Å². The lowest BCUT2D eigenvalue weighted by Crippen LogP contribution is -2.10. The summed E-state index contributed by atoms with van der Waals surface area (Å²) in [5.74, 6) is 1.89. The molecule has 0 radical (unpaired) electrons. The molecule has 0 N–H and O–H groups in total. The molecule has 1 aromatic rings. The molecular weight excluding hydrogens is 220 g/mol. The number of hydrogen-bond acceptors (Lipinski definition) is 1. The summed E-state index contributed by atoms with van der Waals surface area (Å²) in [5.41, 5.74) is 2.91. The van der Waals surface area contributed by atoms with E-state index in [-0.39, 0.29) is 5.41 Å². The highest BCUT2D eigenvalue weighted by atomic mass is 16.5. The van der Waals surface area contributed by atoms with E-state index in [1.165, 1.54) is 11.1 Å². The van der Waals surface area contributed by atoms with Crippen molar-refractivity contribution in [3.8, 4) is 5.75 Å². The fourth-order valence-corrected chi connectivity index (χ4v) is 2.05. The topological polar surface area (TPSA) is 9.23 Å². The fourth-order valence-electron chi connectivity index (χ4n) is 2.05. The average molecular weight is 242 g/mol. The van der Waals surface area contributed by atoms with E-state index in [2.05, 4.69) is 64.1 Å². The third-order valence-electron chi connectivity index (χ3n) is 3.23. The lowest BCUT2D eigenvalue weighted by molar-refractivity contribution is 0.437. The van der Waals surface area contributed by atoms with Gasteiger partial charge in [0.05, 0.1) is 0 Å². The summed E-state index contributed by atoms with van der Waals surface area (Å²) in [6, 6.07) is 8.41. The molecule has 1 heteroatoms. The molecule has 18 heavy (non-hydrogen) atoms. The van der Waals surface area contributed by atoms with Crippen LogP contribution in [0.1, 0.15) is 46.1 Å². The highest BCUT2D eigenvalue weighted by Crippen LogP contribution is 2.26. The van der Waals surface area contributed by atoms with Gasteiger partial charge in [0.25, 0.3) is 0 Å². The molecule has 0 atom stereocenters. The van der Waals surface area contributed by atoms with Gasteiger partial charge in [0, 0.05) is 0 Å². The number of ether oxygens (including phenoxy) is 1. The lowest BCUT2D eigenvalue weighted by atomic mass is 9.87. The Morgan fingerprint density at radius 2 is 1.72 bits per heavy atom. The summed E-state index contributed by atoms with van der Waals surface area (Å²) in [5, 5.41) is 0. The molecule has 0 saturated carbocycles. The second-order valence-corrected chi connectivity index (χ2v) is 6.01. The Labute approximate surface area is 110 Å². The minimum atomic E-state index is 0.194. The molecule has 2 rings (SSSR count). The summed E-state index contributed by atoms with van der Waals surface area (Å²) >= 11 is 0. The van der Waals surface area contributed by atoms with Gasteiger partial charge in [-0.05, 0) is 55.0 Å². The molecule has 0 amide bonds. The molecule has 0 saturated heterocycles. The van der Waals surface area contributed by atoms with Gasteiger partial charge < -0.3 is 4.74 Å². The van der Waals surface area contributed by atoms with Gasteiger partial charge in [-0.3, -0.25) is 0 Å². The Kier molecular flexibility index (Phi) is 3.60. The Morgan fingerprint density at radius 3 is 2.28 bits per heavy atom. The molecule has 0 aliphatic heterocycles. The van der Waals surface area contributed by atoms with Crippen molar-refractivity contribution >= 4 is 0 Å². The van der Waals surface area contributed by atoms with Gasteiger partial charge in [0.1, 0.15) is 11.5 Å². The summed E-state index contributed by atoms with van der Waals surface area (Å²) in [4.78, 5) is 0. The van der Waals surface area contributed by atoms with Crippen molar-refractivity contribution in [3.63, 3.8) is 0 Å². The Bertz CT molecular complexity index is 469. The predicted molar refractivity (Wildman–Crippen MR) is 76.8 cm³/mol. The van der Waals surface area contributed by atoms with Crippen LogP contribution in [0.3, 0.4) is 0 Å². The SMILES string of the molecule is CC1=CC(Oc2ccc(C(C)(C)C)cc2)=CCC1. The molecule has 1 aliphatic rings. The summed E-state index contributed by atoms with van der Waals surface area (Å²) in [7, 11) is 0. The monoisotopic (exact) mass is 242 g/mol. The number of allylic oxidation sites excluding steroid dienone is 3. The number of rotatable bonds is 2. The molecule has 0 bridgehead atoms. The van der Waals surface area contributed by atoms with E-state index in [0.717, 1.165) is 24.4 Å². The molecule has 96 valence electrons. The van der Waals surface area contributed by atoms with Crippen molar-refractivity contribution < 1.29 is 4.74 Å². The third kappa shape index (κ3) is 3.25. The van der Waals surface area contributed by atoms with Crippen LogP contribution in [0.4, 0.5) is 0 Å². The maximum absolute atomic E-state index is 5.88. The molecule has 0 aromatic heterocycles. The van der Waals surface area contributed by atoms with Crippen LogP contribution in [0, 0.1) is 0 Å². The van der Waals surface area contributed by atoms with Gasteiger partial charge in [-0.25, -0.2) is 0 Å². The minimum Gasteiger partial charge on any atom is -0.458 e. The van der Waals surface area contributed by atoms with Crippen molar-refractivity contribution in [3.05, 3.63) is 53.3 Å². The van der Waals surface area contributed by atoms with Gasteiger partial charge >= 0.3 is 0 Å². The van der Waals surface area contributed by atoms with Crippen molar-refractivity contribution in [2.75, 3.05) is 0 Å². The minimum absolute atomic E-state index is 0.194. The van der Waals surface area contributed by atoms with Crippen LogP contribution in [0.2, 0.25) is 0 Å². The Balaban J connectivity index is 2.10. The molecule has 0 spiro atoms. The second-order valence-electron chi connectivity index (χ2n) is 6.01. The number of hydrogen-bond donors (Lipinski definition) is 0. The highest BCUT2D eigenvalue weighted by molar-refractivity contribution is 5.34. The fraction of sp³-hybridized carbons (Fsp3) is 0.412. The average Bonchev–Trinajstić information content (AvgIpc) is 2.28. The first kappa shape index (κ1) is 12.9. The standard InChI is InChI=1S/C17H22O/c1-13-6-5-7-16(12-13)18-15-10-8-14(9-11-15)17(2,3)4/h7-12H,5-6H2,1-4H3. The zero-order chi connectivity index (χ0) is 13.2. The number of benzene rings is 1. The molecular formula is C17H22O. The first-order valence-corrected chi connectivity index (χ1v) is 6.61. The quantitative estimate of drug-likeness (QED) is 0.710. The molecule has 0 fully saturated rings. The van der Waals surface area contributed by atoms with Gasteiger partial charge in [0.15, 0.2) is 0 Å². The highest BCUT2D eigenvalue weighted by Gasteiger charge is 2.13. The van der Waals surface area contributed by atoms with Crippen LogP contribution >= 0.6 is 0 Å². The Hall–Kier alpha value is -1.50. The van der Waals surface area contributed by atoms with Crippen LogP contribution < -0.4 is 4.74 Å². The van der Waals surface area contributed by atoms with E-state index >= 15 is 0 Å². The second kappa shape index (κ2) is 5.01. The van der Waals surface area contributed by atoms with Gasteiger partial charge in [-0.1, -0.05) is 38.5 Å². The first-order chi connectivity index (χ1) is 8.45. The van der Waals surface area contributed by atoms with E-state index in [0.29, 0.717) is 0 Å². The van der Waals surface area contributed by atoms with Crippen molar-refractivity contribution in [2.24, 2.45) is 0 Å². The van der Waals surface area contributed by atoms with E-state index in [1.54, 1.807) is 0 Å². The van der Waals surface area contributed by atoms with Gasteiger partial charge in [-0.2, -0.15) is 0 Å². The molecule has 1 aromatic carbocycles. The van der Waals surface area contributed by atoms with Crippen molar-refractivity contribution in [1.82, 2.24) is 0 Å². The van der Waals surface area contributed by atoms with Crippen molar-refractivity contribution in [1.29, 1.82) is 0 Å². The molecule has 1 aliphatic carbocycles. The Morgan fingerprint density at radius 1 is 1.06 bits per heavy atom.